The molecule has 0 aliphatic carbocycles. The van der Waals surface area contributed by atoms with E-state index in [9.17, 15) is 10.1 Å². The summed E-state index contributed by atoms with van der Waals surface area (Å²) >= 11 is 0. The van der Waals surface area contributed by atoms with Crippen LogP contribution in [0.3, 0.4) is 0 Å². The molecule has 0 N–H and O–H groups in total. The van der Waals surface area contributed by atoms with Crippen molar-refractivity contribution >= 4 is 5.69 Å². The number of aromatic nitrogens is 3. The first-order chi connectivity index (χ1) is 7.72. The van der Waals surface area contributed by atoms with Crippen molar-refractivity contribution < 1.29 is 4.92 Å². The lowest BCUT2D eigenvalue weighted by Gasteiger charge is -2.04. The van der Waals surface area contributed by atoms with Crippen molar-refractivity contribution in [2.45, 2.75) is 13.3 Å². The molecular weight excluding hydrogens is 208 g/mol. The Morgan fingerprint density at radius 2 is 2.25 bits per heavy atom. The Hall–Kier alpha value is -2.24. The van der Waals surface area contributed by atoms with Crippen LogP contribution in [0.5, 0.6) is 0 Å². The van der Waals surface area contributed by atoms with Gasteiger partial charge >= 0.3 is 0 Å². The van der Waals surface area contributed by atoms with Crippen LogP contribution in [-0.2, 0) is 6.42 Å². The highest BCUT2D eigenvalue weighted by Gasteiger charge is 2.08. The van der Waals surface area contributed by atoms with E-state index in [0.29, 0.717) is 5.82 Å². The normalized spacial score (nSPS) is 10.3. The zero-order chi connectivity index (χ0) is 11.5. The van der Waals surface area contributed by atoms with Crippen molar-refractivity contribution in [3.8, 4) is 5.82 Å². The van der Waals surface area contributed by atoms with Gasteiger partial charge in [-0.25, -0.2) is 9.97 Å². The largest absolute Gasteiger partial charge is 0.288 e. The molecule has 0 aromatic carbocycles. The summed E-state index contributed by atoms with van der Waals surface area (Å²) in [5, 5.41) is 10.5. The maximum Gasteiger partial charge on any atom is 0.287 e. The number of rotatable bonds is 3. The van der Waals surface area contributed by atoms with Crippen LogP contribution in [0.25, 0.3) is 5.82 Å². The third-order valence-electron chi connectivity index (χ3n) is 2.22. The van der Waals surface area contributed by atoms with E-state index in [1.807, 2.05) is 11.5 Å². The highest BCUT2D eigenvalue weighted by Crippen LogP contribution is 2.13. The lowest BCUT2D eigenvalue weighted by atomic mass is 10.4. The number of hydrogen-bond donors (Lipinski definition) is 0. The molecule has 0 fully saturated rings. The van der Waals surface area contributed by atoms with E-state index in [-0.39, 0.29) is 5.69 Å². The summed E-state index contributed by atoms with van der Waals surface area (Å²) in [6.45, 7) is 1.99. The smallest absolute Gasteiger partial charge is 0.287 e. The Bertz CT molecular complexity index is 504. The van der Waals surface area contributed by atoms with Crippen LogP contribution in [0, 0.1) is 10.1 Å². The quantitative estimate of drug-likeness (QED) is 0.581. The molecule has 16 heavy (non-hydrogen) atoms. The molecule has 0 aliphatic rings. The molecule has 0 unspecified atom stereocenters. The van der Waals surface area contributed by atoms with Gasteiger partial charge in [0.1, 0.15) is 17.8 Å². The molecule has 0 aliphatic heterocycles. The third kappa shape index (κ3) is 1.77. The number of hydrogen-bond acceptors (Lipinski definition) is 4. The second-order valence-electron chi connectivity index (χ2n) is 3.20. The summed E-state index contributed by atoms with van der Waals surface area (Å²) in [5.74, 6) is 1.52. The minimum atomic E-state index is -0.467. The van der Waals surface area contributed by atoms with Crippen LogP contribution in [0.15, 0.2) is 30.7 Å². The molecule has 0 saturated carbocycles. The lowest BCUT2D eigenvalue weighted by Crippen LogP contribution is -2.01. The average Bonchev–Trinajstić information content (AvgIpc) is 2.77. The van der Waals surface area contributed by atoms with Crippen LogP contribution in [0.2, 0.25) is 0 Å². The summed E-state index contributed by atoms with van der Waals surface area (Å²) in [6.07, 6.45) is 5.50. The van der Waals surface area contributed by atoms with Gasteiger partial charge in [0.05, 0.1) is 4.92 Å². The van der Waals surface area contributed by atoms with Gasteiger partial charge in [0, 0.05) is 24.9 Å². The zero-order valence-electron chi connectivity index (χ0n) is 8.70. The molecule has 0 saturated heterocycles. The summed E-state index contributed by atoms with van der Waals surface area (Å²) in [6, 6.07) is 3.04. The Kier molecular flexibility index (Phi) is 2.63. The summed E-state index contributed by atoms with van der Waals surface area (Å²) < 4.78 is 1.81. The minimum absolute atomic E-state index is 0.0121. The van der Waals surface area contributed by atoms with Crippen molar-refractivity contribution in [2.75, 3.05) is 0 Å². The predicted octanol–water partition coefficient (Wildman–Crippen LogP) is 1.74. The summed E-state index contributed by atoms with van der Waals surface area (Å²) in [7, 11) is 0. The topological polar surface area (TPSA) is 73.8 Å². The fraction of sp³-hybridized carbons (Fsp3) is 0.200. The van der Waals surface area contributed by atoms with Gasteiger partial charge in [-0.15, -0.1) is 0 Å². The Morgan fingerprint density at radius 3 is 2.81 bits per heavy atom. The molecule has 6 heteroatoms. The van der Waals surface area contributed by atoms with Crippen molar-refractivity contribution in [1.29, 1.82) is 0 Å². The van der Waals surface area contributed by atoms with E-state index in [2.05, 4.69) is 9.97 Å². The van der Waals surface area contributed by atoms with Gasteiger partial charge in [-0.2, -0.15) is 0 Å². The highest BCUT2D eigenvalue weighted by molar-refractivity contribution is 5.33. The first-order valence-corrected chi connectivity index (χ1v) is 4.85. The fourth-order valence-electron chi connectivity index (χ4n) is 1.43. The van der Waals surface area contributed by atoms with E-state index in [1.165, 1.54) is 12.3 Å². The predicted molar refractivity (Wildman–Crippen MR) is 57.4 cm³/mol. The van der Waals surface area contributed by atoms with E-state index in [4.69, 9.17) is 0 Å². The molecule has 2 aromatic heterocycles. The Labute approximate surface area is 91.7 Å². The molecule has 6 nitrogen and oxygen atoms in total. The van der Waals surface area contributed by atoms with Gasteiger partial charge in [0.25, 0.3) is 5.69 Å². The van der Waals surface area contributed by atoms with Gasteiger partial charge in [-0.1, -0.05) is 6.92 Å². The number of nitrogens with zero attached hydrogens (tertiary/aromatic N) is 4. The molecule has 0 bridgehead atoms. The molecule has 2 rings (SSSR count). The van der Waals surface area contributed by atoms with Crippen molar-refractivity contribution in [3.05, 3.63) is 46.7 Å². The number of aryl methyl sites for hydroxylation is 1. The number of pyridine rings is 1. The maximum atomic E-state index is 10.5. The molecule has 2 heterocycles. The van der Waals surface area contributed by atoms with Crippen LogP contribution in [-0.4, -0.2) is 19.5 Å². The second kappa shape index (κ2) is 4.09. The Morgan fingerprint density at radius 1 is 1.44 bits per heavy atom. The molecule has 0 spiro atoms. The standard InChI is InChI=1S/C10H10N4O2/c1-2-9-11-5-6-13(9)10-4-3-8(7-12-10)14(15)16/h3-7H,2H2,1H3. The van der Waals surface area contributed by atoms with Crippen LogP contribution in [0.4, 0.5) is 5.69 Å². The average molecular weight is 218 g/mol. The SMILES string of the molecule is CCc1nccn1-c1ccc([N+](=O)[O-])cn1. The van der Waals surface area contributed by atoms with Crippen LogP contribution in [0.1, 0.15) is 12.7 Å². The van der Waals surface area contributed by atoms with Gasteiger partial charge < -0.3 is 0 Å². The Balaban J connectivity index is 2.38. The third-order valence-corrected chi connectivity index (χ3v) is 2.22. The summed E-state index contributed by atoms with van der Waals surface area (Å²) in [4.78, 5) is 18.2. The summed E-state index contributed by atoms with van der Waals surface area (Å²) in [5.41, 5.74) is -0.0121. The van der Waals surface area contributed by atoms with Crippen molar-refractivity contribution in [3.63, 3.8) is 0 Å². The number of nitro groups is 1. The maximum absolute atomic E-state index is 10.5. The highest BCUT2D eigenvalue weighted by atomic mass is 16.6. The lowest BCUT2D eigenvalue weighted by molar-refractivity contribution is -0.385. The van der Waals surface area contributed by atoms with Gasteiger partial charge in [0.15, 0.2) is 0 Å². The second-order valence-corrected chi connectivity index (χ2v) is 3.20. The number of imidazole rings is 1. The molecule has 0 amide bonds. The van der Waals surface area contributed by atoms with Gasteiger partial charge in [-0.05, 0) is 6.07 Å². The van der Waals surface area contributed by atoms with E-state index < -0.39 is 4.92 Å². The minimum Gasteiger partial charge on any atom is -0.288 e. The first kappa shape index (κ1) is 10.3. The van der Waals surface area contributed by atoms with Crippen LogP contribution >= 0.6 is 0 Å². The van der Waals surface area contributed by atoms with Gasteiger partial charge in [-0.3, -0.25) is 14.7 Å². The molecule has 82 valence electrons. The van der Waals surface area contributed by atoms with Crippen LogP contribution < -0.4 is 0 Å². The van der Waals surface area contributed by atoms with Gasteiger partial charge in [0.2, 0.25) is 0 Å². The fourth-order valence-corrected chi connectivity index (χ4v) is 1.43. The van der Waals surface area contributed by atoms with E-state index in [0.717, 1.165) is 12.2 Å². The van der Waals surface area contributed by atoms with Crippen molar-refractivity contribution in [2.24, 2.45) is 0 Å². The molecule has 2 aromatic rings. The van der Waals surface area contributed by atoms with E-state index in [1.54, 1.807) is 18.5 Å². The molecular formula is C10H10N4O2. The molecule has 0 radical (unpaired) electrons. The monoisotopic (exact) mass is 218 g/mol. The van der Waals surface area contributed by atoms with Crippen molar-refractivity contribution in [1.82, 2.24) is 14.5 Å². The first-order valence-electron chi connectivity index (χ1n) is 4.85. The van der Waals surface area contributed by atoms with E-state index >= 15 is 0 Å². The zero-order valence-corrected chi connectivity index (χ0v) is 8.70. The molecule has 0 atom stereocenters.